The summed E-state index contributed by atoms with van der Waals surface area (Å²) in [5.41, 5.74) is 6.22. The largest absolute Gasteiger partial charge is 0.399 e. The number of halogens is 1. The molecule has 0 unspecified atom stereocenters. The molecule has 4 heteroatoms. The summed E-state index contributed by atoms with van der Waals surface area (Å²) >= 11 is 0. The van der Waals surface area contributed by atoms with Crippen LogP contribution in [-0.4, -0.2) is 23.9 Å². The molecule has 0 aliphatic heterocycles. The maximum Gasteiger partial charge on any atom is 0.254 e. The van der Waals surface area contributed by atoms with Gasteiger partial charge in [0.2, 0.25) is 0 Å². The van der Waals surface area contributed by atoms with Gasteiger partial charge in [-0.1, -0.05) is 25.7 Å². The number of amides is 1. The number of benzene rings is 1. The van der Waals surface area contributed by atoms with Crippen LogP contribution in [-0.2, 0) is 0 Å². The number of nitrogen functional groups attached to an aromatic ring is 1. The highest BCUT2D eigenvalue weighted by atomic mass is 19.1. The van der Waals surface area contributed by atoms with Crippen molar-refractivity contribution in [2.45, 2.75) is 44.6 Å². The van der Waals surface area contributed by atoms with E-state index in [4.69, 9.17) is 5.73 Å². The van der Waals surface area contributed by atoms with Crippen LogP contribution < -0.4 is 5.73 Å². The van der Waals surface area contributed by atoms with Crippen LogP contribution in [0, 0.1) is 5.82 Å². The van der Waals surface area contributed by atoms with Crippen molar-refractivity contribution in [3.63, 3.8) is 0 Å². The van der Waals surface area contributed by atoms with Gasteiger partial charge in [0.25, 0.3) is 5.91 Å². The first-order valence-corrected chi connectivity index (χ1v) is 6.91. The zero-order chi connectivity index (χ0) is 13.8. The van der Waals surface area contributed by atoms with E-state index in [9.17, 15) is 9.18 Å². The third kappa shape index (κ3) is 3.46. The van der Waals surface area contributed by atoms with Crippen molar-refractivity contribution in [1.29, 1.82) is 0 Å². The van der Waals surface area contributed by atoms with E-state index in [1.807, 2.05) is 0 Å². The monoisotopic (exact) mass is 264 g/mol. The normalized spacial score (nSPS) is 16.9. The molecule has 1 saturated carbocycles. The van der Waals surface area contributed by atoms with Gasteiger partial charge in [0.15, 0.2) is 0 Å². The number of carbonyl (C=O) groups excluding carboxylic acids is 1. The van der Waals surface area contributed by atoms with Crippen LogP contribution in [0.15, 0.2) is 18.2 Å². The molecule has 0 saturated heterocycles. The third-order valence-electron chi connectivity index (χ3n) is 3.86. The van der Waals surface area contributed by atoms with E-state index in [1.54, 1.807) is 18.0 Å². The van der Waals surface area contributed by atoms with Gasteiger partial charge in [0.05, 0.1) is 0 Å². The SMILES string of the molecule is CN(C(=O)c1cc(N)cc(F)c1)C1CCCCCC1. The Bertz CT molecular complexity index is 433. The summed E-state index contributed by atoms with van der Waals surface area (Å²) in [6.45, 7) is 0. The van der Waals surface area contributed by atoms with Gasteiger partial charge in [-0.3, -0.25) is 4.79 Å². The molecule has 2 rings (SSSR count). The van der Waals surface area contributed by atoms with Crippen LogP contribution >= 0.6 is 0 Å². The maximum absolute atomic E-state index is 13.3. The molecule has 0 radical (unpaired) electrons. The molecule has 1 aromatic rings. The van der Waals surface area contributed by atoms with Gasteiger partial charge in [-0.25, -0.2) is 4.39 Å². The molecule has 3 nitrogen and oxygen atoms in total. The molecule has 1 amide bonds. The molecule has 0 bridgehead atoms. The summed E-state index contributed by atoms with van der Waals surface area (Å²) in [7, 11) is 1.80. The van der Waals surface area contributed by atoms with Gasteiger partial charge >= 0.3 is 0 Å². The molecule has 0 spiro atoms. The average molecular weight is 264 g/mol. The van der Waals surface area contributed by atoms with E-state index in [-0.39, 0.29) is 17.6 Å². The van der Waals surface area contributed by atoms with Crippen LogP contribution in [0.1, 0.15) is 48.9 Å². The summed E-state index contributed by atoms with van der Waals surface area (Å²) < 4.78 is 13.3. The van der Waals surface area contributed by atoms with E-state index in [2.05, 4.69) is 0 Å². The van der Waals surface area contributed by atoms with Crippen LogP contribution in [0.5, 0.6) is 0 Å². The minimum atomic E-state index is -0.461. The van der Waals surface area contributed by atoms with Crippen LogP contribution in [0.4, 0.5) is 10.1 Å². The first-order chi connectivity index (χ1) is 9.08. The smallest absolute Gasteiger partial charge is 0.254 e. The quantitative estimate of drug-likeness (QED) is 0.658. The molecule has 2 N–H and O–H groups in total. The molecule has 1 aliphatic rings. The van der Waals surface area contributed by atoms with Crippen molar-refractivity contribution in [3.8, 4) is 0 Å². The molecule has 1 aromatic carbocycles. The summed E-state index contributed by atoms with van der Waals surface area (Å²) in [6, 6.07) is 4.28. The zero-order valence-corrected chi connectivity index (χ0v) is 11.4. The summed E-state index contributed by atoms with van der Waals surface area (Å²) in [4.78, 5) is 14.1. The predicted molar refractivity (Wildman–Crippen MR) is 74.4 cm³/mol. The van der Waals surface area contributed by atoms with Crippen molar-refractivity contribution >= 4 is 11.6 Å². The van der Waals surface area contributed by atoms with Gasteiger partial charge in [-0.05, 0) is 31.0 Å². The molecule has 0 aromatic heterocycles. The number of rotatable bonds is 2. The summed E-state index contributed by atoms with van der Waals surface area (Å²) in [5, 5.41) is 0. The lowest BCUT2D eigenvalue weighted by Crippen LogP contribution is -2.36. The number of nitrogens with two attached hydrogens (primary N) is 1. The molecule has 104 valence electrons. The molecule has 1 fully saturated rings. The maximum atomic E-state index is 13.3. The zero-order valence-electron chi connectivity index (χ0n) is 11.4. The summed E-state index contributed by atoms with van der Waals surface area (Å²) in [6.07, 6.45) is 6.87. The predicted octanol–water partition coefficient (Wildman–Crippen LogP) is 3.20. The van der Waals surface area contributed by atoms with Crippen LogP contribution in [0.25, 0.3) is 0 Å². The van der Waals surface area contributed by atoms with E-state index in [1.165, 1.54) is 25.0 Å². The lowest BCUT2D eigenvalue weighted by molar-refractivity contribution is 0.0717. The number of anilines is 1. The molecule has 19 heavy (non-hydrogen) atoms. The first kappa shape index (κ1) is 13.8. The Morgan fingerprint density at radius 1 is 1.21 bits per heavy atom. The highest BCUT2D eigenvalue weighted by molar-refractivity contribution is 5.95. The van der Waals surface area contributed by atoms with Gasteiger partial charge in [0, 0.05) is 24.3 Å². The Morgan fingerprint density at radius 2 is 1.84 bits per heavy atom. The van der Waals surface area contributed by atoms with Crippen molar-refractivity contribution < 1.29 is 9.18 Å². The third-order valence-corrected chi connectivity index (χ3v) is 3.86. The van der Waals surface area contributed by atoms with Gasteiger partial charge in [-0.15, -0.1) is 0 Å². The first-order valence-electron chi connectivity index (χ1n) is 6.91. The average Bonchev–Trinajstić information content (AvgIpc) is 2.64. The highest BCUT2D eigenvalue weighted by Gasteiger charge is 2.22. The van der Waals surface area contributed by atoms with Gasteiger partial charge in [-0.2, -0.15) is 0 Å². The number of nitrogens with zero attached hydrogens (tertiary/aromatic N) is 1. The molecular weight excluding hydrogens is 243 g/mol. The fraction of sp³-hybridized carbons (Fsp3) is 0.533. The second-order valence-corrected chi connectivity index (χ2v) is 5.33. The van der Waals surface area contributed by atoms with E-state index in [0.717, 1.165) is 25.7 Å². The second-order valence-electron chi connectivity index (χ2n) is 5.33. The minimum absolute atomic E-state index is 0.141. The fourth-order valence-electron chi connectivity index (χ4n) is 2.75. The number of hydrogen-bond donors (Lipinski definition) is 1. The fourth-order valence-corrected chi connectivity index (χ4v) is 2.75. The van der Waals surface area contributed by atoms with Gasteiger partial charge in [0.1, 0.15) is 5.82 Å². The van der Waals surface area contributed by atoms with Gasteiger partial charge < -0.3 is 10.6 Å². The highest BCUT2D eigenvalue weighted by Crippen LogP contribution is 2.23. The number of carbonyl (C=O) groups is 1. The van der Waals surface area contributed by atoms with Crippen molar-refractivity contribution in [2.75, 3.05) is 12.8 Å². The number of hydrogen-bond acceptors (Lipinski definition) is 2. The molecule has 1 aliphatic carbocycles. The standard InChI is InChI=1S/C15H21FN2O/c1-18(14-6-4-2-3-5-7-14)15(19)11-8-12(16)10-13(17)9-11/h8-10,14H,2-7,17H2,1H3. The van der Waals surface area contributed by atoms with Crippen molar-refractivity contribution in [1.82, 2.24) is 4.90 Å². The second kappa shape index (κ2) is 6.04. The summed E-state index contributed by atoms with van der Waals surface area (Å²) in [5.74, 6) is -0.601. The Hall–Kier alpha value is -1.58. The molecule has 0 atom stereocenters. The van der Waals surface area contributed by atoms with Crippen LogP contribution in [0.3, 0.4) is 0 Å². The lowest BCUT2D eigenvalue weighted by Gasteiger charge is -2.27. The van der Waals surface area contributed by atoms with E-state index >= 15 is 0 Å². The molecule has 0 heterocycles. The van der Waals surface area contributed by atoms with Crippen molar-refractivity contribution in [2.24, 2.45) is 0 Å². The Kier molecular flexibility index (Phi) is 4.40. The van der Waals surface area contributed by atoms with E-state index in [0.29, 0.717) is 5.56 Å². The van der Waals surface area contributed by atoms with Crippen LogP contribution in [0.2, 0.25) is 0 Å². The lowest BCUT2D eigenvalue weighted by atomic mass is 10.1. The Balaban J connectivity index is 2.13. The van der Waals surface area contributed by atoms with Crippen molar-refractivity contribution in [3.05, 3.63) is 29.6 Å². The van der Waals surface area contributed by atoms with E-state index < -0.39 is 5.82 Å². The molecular formula is C15H21FN2O. The minimum Gasteiger partial charge on any atom is -0.399 e. The Labute approximate surface area is 113 Å². The topological polar surface area (TPSA) is 46.3 Å². The Morgan fingerprint density at radius 3 is 2.42 bits per heavy atom.